The molecule has 1 aromatic carbocycles. The van der Waals surface area contributed by atoms with E-state index in [0.717, 1.165) is 18.2 Å². The Balaban J connectivity index is 0.00000200. The smallest absolute Gasteiger partial charge is 0.242 e. The Kier molecular flexibility index (Phi) is 8.41. The molecule has 2 N–H and O–H groups in total. The van der Waals surface area contributed by atoms with Crippen LogP contribution in [0.2, 0.25) is 5.02 Å². The maximum absolute atomic E-state index is 12.9. The molecule has 10 heteroatoms. The number of nitrogens with one attached hydrogen (secondary N) is 2. The highest BCUT2D eigenvalue weighted by molar-refractivity contribution is 7.89. The molecule has 0 aromatic heterocycles. The van der Waals surface area contributed by atoms with Gasteiger partial charge in [0.15, 0.2) is 0 Å². The Hall–Kier alpha value is -0.150. The van der Waals surface area contributed by atoms with E-state index in [0.29, 0.717) is 13.1 Å². The number of rotatable bonds is 4. The molecule has 2 atom stereocenters. The fourth-order valence-electron chi connectivity index (χ4n) is 1.98. The SMILES string of the molecule is CO[C@H]1CNC[C@@H]1NS(=O)(=O)c1ccc(F)cc1Cl.Cl.Cl. The monoisotopic (exact) mass is 380 g/mol. The first-order valence-electron chi connectivity index (χ1n) is 5.65. The largest absolute Gasteiger partial charge is 0.378 e. The molecular formula is C11H16Cl3FN2O3S. The van der Waals surface area contributed by atoms with Crippen LogP contribution in [0.4, 0.5) is 4.39 Å². The maximum atomic E-state index is 12.9. The fraction of sp³-hybridized carbons (Fsp3) is 0.455. The van der Waals surface area contributed by atoms with E-state index in [1.165, 1.54) is 7.11 Å². The van der Waals surface area contributed by atoms with Gasteiger partial charge in [-0.15, -0.1) is 24.8 Å². The first-order valence-corrected chi connectivity index (χ1v) is 7.51. The van der Waals surface area contributed by atoms with Crippen molar-refractivity contribution in [2.45, 2.75) is 17.0 Å². The normalized spacial score (nSPS) is 21.5. The number of halogens is 4. The molecule has 0 bridgehead atoms. The second kappa shape index (κ2) is 8.47. The van der Waals surface area contributed by atoms with Crippen molar-refractivity contribution in [2.24, 2.45) is 0 Å². The van der Waals surface area contributed by atoms with Gasteiger partial charge in [-0.2, -0.15) is 0 Å². The van der Waals surface area contributed by atoms with Crippen LogP contribution in [0.1, 0.15) is 0 Å². The number of hydrogen-bond donors (Lipinski definition) is 2. The Morgan fingerprint density at radius 3 is 2.62 bits per heavy atom. The molecule has 1 aromatic rings. The standard InChI is InChI=1S/C11H14ClFN2O3S.2ClH/c1-18-10-6-14-5-9(10)15-19(16,17)11-3-2-7(13)4-8(11)12;;/h2-4,9-10,14-15H,5-6H2,1H3;2*1H/t9-,10-;;/m0../s1. The van der Waals surface area contributed by atoms with Crippen molar-refractivity contribution < 1.29 is 17.5 Å². The average molecular weight is 382 g/mol. The van der Waals surface area contributed by atoms with Gasteiger partial charge in [-0.25, -0.2) is 17.5 Å². The van der Waals surface area contributed by atoms with Gasteiger partial charge in [0.05, 0.1) is 17.2 Å². The van der Waals surface area contributed by atoms with Gasteiger partial charge < -0.3 is 10.1 Å². The van der Waals surface area contributed by atoms with Gasteiger partial charge in [0.25, 0.3) is 0 Å². The average Bonchev–Trinajstić information content (AvgIpc) is 2.74. The van der Waals surface area contributed by atoms with E-state index in [9.17, 15) is 12.8 Å². The lowest BCUT2D eigenvalue weighted by molar-refractivity contribution is 0.103. The third-order valence-corrected chi connectivity index (χ3v) is 4.92. The van der Waals surface area contributed by atoms with Gasteiger partial charge in [-0.05, 0) is 18.2 Å². The molecule has 2 rings (SSSR count). The van der Waals surface area contributed by atoms with Crippen molar-refractivity contribution in [3.63, 3.8) is 0 Å². The van der Waals surface area contributed by atoms with E-state index < -0.39 is 15.8 Å². The van der Waals surface area contributed by atoms with Gasteiger partial charge >= 0.3 is 0 Å². The number of methoxy groups -OCH3 is 1. The van der Waals surface area contributed by atoms with Crippen LogP contribution in [0, 0.1) is 5.82 Å². The van der Waals surface area contributed by atoms with Gasteiger partial charge in [0.1, 0.15) is 10.7 Å². The summed E-state index contributed by atoms with van der Waals surface area (Å²) in [5.74, 6) is -0.582. The molecule has 1 aliphatic rings. The predicted octanol–water partition coefficient (Wildman–Crippen LogP) is 1.59. The van der Waals surface area contributed by atoms with Crippen molar-refractivity contribution >= 4 is 46.4 Å². The second-order valence-corrected chi connectivity index (χ2v) is 6.32. The minimum atomic E-state index is -3.80. The van der Waals surface area contributed by atoms with E-state index in [2.05, 4.69) is 10.0 Å². The van der Waals surface area contributed by atoms with E-state index in [1.54, 1.807) is 0 Å². The third kappa shape index (κ3) is 4.92. The molecule has 1 saturated heterocycles. The van der Waals surface area contributed by atoms with Crippen molar-refractivity contribution in [3.05, 3.63) is 29.0 Å². The zero-order valence-electron chi connectivity index (χ0n) is 11.0. The summed E-state index contributed by atoms with van der Waals surface area (Å²) in [6.07, 6.45) is -0.242. The number of hydrogen-bond acceptors (Lipinski definition) is 4. The van der Waals surface area contributed by atoms with Crippen LogP contribution in [0.25, 0.3) is 0 Å². The third-order valence-electron chi connectivity index (χ3n) is 2.95. The van der Waals surface area contributed by atoms with Crippen molar-refractivity contribution in [2.75, 3.05) is 20.2 Å². The van der Waals surface area contributed by atoms with Gasteiger partial charge in [0, 0.05) is 20.2 Å². The zero-order valence-corrected chi connectivity index (χ0v) is 14.2. The van der Waals surface area contributed by atoms with Gasteiger partial charge in [0.2, 0.25) is 10.0 Å². The molecule has 0 saturated carbocycles. The lowest BCUT2D eigenvalue weighted by Crippen LogP contribution is -2.43. The molecule has 1 aliphatic heterocycles. The molecule has 5 nitrogen and oxygen atoms in total. The van der Waals surface area contributed by atoms with E-state index in [4.69, 9.17) is 16.3 Å². The van der Waals surface area contributed by atoms with Gasteiger partial charge in [-0.3, -0.25) is 0 Å². The first-order chi connectivity index (χ1) is 8.94. The Morgan fingerprint density at radius 2 is 2.05 bits per heavy atom. The van der Waals surface area contributed by atoms with Crippen LogP contribution >= 0.6 is 36.4 Å². The van der Waals surface area contributed by atoms with Crippen LogP contribution in [-0.2, 0) is 14.8 Å². The molecule has 122 valence electrons. The number of ether oxygens (including phenoxy) is 1. The van der Waals surface area contributed by atoms with E-state index in [-0.39, 0.29) is 46.9 Å². The van der Waals surface area contributed by atoms with Crippen LogP contribution in [0.15, 0.2) is 23.1 Å². The van der Waals surface area contributed by atoms with Crippen molar-refractivity contribution in [1.82, 2.24) is 10.0 Å². The summed E-state index contributed by atoms with van der Waals surface area (Å²) in [5, 5.41) is 2.88. The van der Waals surface area contributed by atoms with Crippen molar-refractivity contribution in [3.8, 4) is 0 Å². The number of sulfonamides is 1. The van der Waals surface area contributed by atoms with Crippen LogP contribution in [0.3, 0.4) is 0 Å². The summed E-state index contributed by atoms with van der Waals surface area (Å²) >= 11 is 5.76. The summed E-state index contributed by atoms with van der Waals surface area (Å²) in [6.45, 7) is 1.04. The molecule has 21 heavy (non-hydrogen) atoms. The molecule has 0 unspecified atom stereocenters. The summed E-state index contributed by atoms with van der Waals surface area (Å²) < 4.78 is 45.0. The number of benzene rings is 1. The predicted molar refractivity (Wildman–Crippen MR) is 83.7 cm³/mol. The van der Waals surface area contributed by atoms with Crippen molar-refractivity contribution in [1.29, 1.82) is 0 Å². The lowest BCUT2D eigenvalue weighted by atomic mass is 10.2. The fourth-order valence-corrected chi connectivity index (χ4v) is 3.77. The quantitative estimate of drug-likeness (QED) is 0.831. The van der Waals surface area contributed by atoms with Crippen LogP contribution < -0.4 is 10.0 Å². The van der Waals surface area contributed by atoms with Crippen LogP contribution in [0.5, 0.6) is 0 Å². The topological polar surface area (TPSA) is 67.4 Å². The van der Waals surface area contributed by atoms with E-state index >= 15 is 0 Å². The molecule has 1 fully saturated rings. The zero-order chi connectivity index (χ0) is 14.0. The van der Waals surface area contributed by atoms with Crippen LogP contribution in [-0.4, -0.2) is 40.8 Å². The Morgan fingerprint density at radius 1 is 1.38 bits per heavy atom. The molecule has 0 radical (unpaired) electrons. The summed E-state index contributed by atoms with van der Waals surface area (Å²) in [4.78, 5) is -0.141. The lowest BCUT2D eigenvalue weighted by Gasteiger charge is -2.19. The Labute approximate surface area is 140 Å². The highest BCUT2D eigenvalue weighted by Crippen LogP contribution is 2.22. The molecule has 1 heterocycles. The minimum Gasteiger partial charge on any atom is -0.378 e. The molecule has 0 amide bonds. The van der Waals surface area contributed by atoms with E-state index in [1.807, 2.05) is 0 Å². The second-order valence-electron chi connectivity index (χ2n) is 4.23. The minimum absolute atomic E-state index is 0. The Bertz CT molecular complexity index is 574. The molecule has 0 spiro atoms. The first kappa shape index (κ1) is 20.9. The highest BCUT2D eigenvalue weighted by atomic mass is 35.5. The molecule has 0 aliphatic carbocycles. The summed E-state index contributed by atoms with van der Waals surface area (Å²) in [6, 6.07) is 2.79. The molecular weight excluding hydrogens is 366 g/mol. The highest BCUT2D eigenvalue weighted by Gasteiger charge is 2.31. The summed E-state index contributed by atoms with van der Waals surface area (Å²) in [5.41, 5.74) is 0. The maximum Gasteiger partial charge on any atom is 0.242 e. The van der Waals surface area contributed by atoms with Gasteiger partial charge in [-0.1, -0.05) is 11.6 Å². The summed E-state index contributed by atoms with van der Waals surface area (Å²) in [7, 11) is -2.29.